The van der Waals surface area contributed by atoms with Crippen molar-refractivity contribution in [1.29, 1.82) is 0 Å². The van der Waals surface area contributed by atoms with E-state index in [9.17, 15) is 9.18 Å². The lowest BCUT2D eigenvalue weighted by Gasteiger charge is -2.32. The molecule has 0 spiro atoms. The molecular formula is C23H27FN2O. The molecule has 1 aromatic heterocycles. The molecule has 3 nitrogen and oxygen atoms in total. The number of para-hydroxylation sites is 1. The van der Waals surface area contributed by atoms with Crippen LogP contribution in [-0.4, -0.2) is 10.9 Å². The molecule has 2 aliphatic rings. The highest BCUT2D eigenvalue weighted by molar-refractivity contribution is 5.95. The molecule has 0 N–H and O–H groups in total. The third-order valence-electron chi connectivity index (χ3n) is 6.08. The molecule has 2 saturated carbocycles. The Morgan fingerprint density at radius 1 is 1.00 bits per heavy atom. The van der Waals surface area contributed by atoms with Crippen LogP contribution in [0.2, 0.25) is 0 Å². The fourth-order valence-corrected chi connectivity index (χ4v) is 4.18. The average molecular weight is 366 g/mol. The van der Waals surface area contributed by atoms with Crippen LogP contribution in [0.15, 0.2) is 42.6 Å². The van der Waals surface area contributed by atoms with Gasteiger partial charge in [-0.2, -0.15) is 0 Å². The lowest BCUT2D eigenvalue weighted by atomic mass is 9.84. The molecule has 0 aliphatic heterocycles. The van der Waals surface area contributed by atoms with Gasteiger partial charge < -0.3 is 4.90 Å². The molecule has 0 saturated heterocycles. The largest absolute Gasteiger partial charge is 0.305 e. The van der Waals surface area contributed by atoms with Crippen LogP contribution in [0.3, 0.4) is 0 Å². The Labute approximate surface area is 160 Å². The Morgan fingerprint density at radius 3 is 2.41 bits per heavy atom. The van der Waals surface area contributed by atoms with E-state index in [0.717, 1.165) is 30.5 Å². The van der Waals surface area contributed by atoms with Gasteiger partial charge in [-0.1, -0.05) is 43.9 Å². The summed E-state index contributed by atoms with van der Waals surface area (Å²) in [5, 5.41) is 0. The number of amides is 1. The van der Waals surface area contributed by atoms with Crippen molar-refractivity contribution < 1.29 is 9.18 Å². The van der Waals surface area contributed by atoms with Crippen molar-refractivity contribution in [2.24, 2.45) is 5.92 Å². The smallest absolute Gasteiger partial charge is 0.230 e. The van der Waals surface area contributed by atoms with Gasteiger partial charge in [0.05, 0.1) is 12.2 Å². The highest BCUT2D eigenvalue weighted by Crippen LogP contribution is 2.33. The van der Waals surface area contributed by atoms with E-state index < -0.39 is 0 Å². The second-order valence-corrected chi connectivity index (χ2v) is 7.93. The van der Waals surface area contributed by atoms with E-state index in [1.807, 2.05) is 6.20 Å². The minimum absolute atomic E-state index is 0.0269. The predicted octanol–water partition coefficient (Wildman–Crippen LogP) is 5.60. The van der Waals surface area contributed by atoms with Gasteiger partial charge in [-0.25, -0.2) is 4.39 Å². The molecule has 27 heavy (non-hydrogen) atoms. The van der Waals surface area contributed by atoms with Gasteiger partial charge in [0.1, 0.15) is 5.82 Å². The first-order valence-corrected chi connectivity index (χ1v) is 10.2. The van der Waals surface area contributed by atoms with Crippen LogP contribution in [0.1, 0.15) is 68.5 Å². The van der Waals surface area contributed by atoms with Gasteiger partial charge in [0.2, 0.25) is 5.91 Å². The summed E-state index contributed by atoms with van der Waals surface area (Å²) < 4.78 is 14.4. The molecule has 2 fully saturated rings. The molecule has 4 heteroatoms. The summed E-state index contributed by atoms with van der Waals surface area (Å²) >= 11 is 0. The summed E-state index contributed by atoms with van der Waals surface area (Å²) in [5.74, 6) is 0.269. The van der Waals surface area contributed by atoms with E-state index in [-0.39, 0.29) is 17.6 Å². The third-order valence-corrected chi connectivity index (χ3v) is 6.08. The SMILES string of the molecule is O=C(C1CCC1)N(Cc1ccc(C2CCCCC2)nc1)c1ccccc1F. The molecule has 0 radical (unpaired) electrons. The zero-order valence-corrected chi connectivity index (χ0v) is 15.7. The second-order valence-electron chi connectivity index (χ2n) is 7.93. The number of halogens is 1. The van der Waals surface area contributed by atoms with E-state index >= 15 is 0 Å². The minimum atomic E-state index is -0.350. The van der Waals surface area contributed by atoms with Crippen LogP contribution in [0, 0.1) is 11.7 Å². The van der Waals surface area contributed by atoms with Gasteiger partial charge in [0.25, 0.3) is 0 Å². The highest BCUT2D eigenvalue weighted by atomic mass is 19.1. The monoisotopic (exact) mass is 366 g/mol. The number of benzene rings is 1. The summed E-state index contributed by atoms with van der Waals surface area (Å²) in [4.78, 5) is 19.2. The molecular weight excluding hydrogens is 339 g/mol. The van der Waals surface area contributed by atoms with Crippen LogP contribution in [0.5, 0.6) is 0 Å². The average Bonchev–Trinajstić information content (AvgIpc) is 2.66. The summed E-state index contributed by atoms with van der Waals surface area (Å²) in [6, 6.07) is 10.7. The Kier molecular flexibility index (Phi) is 5.51. The Bertz CT molecular complexity index is 779. The van der Waals surface area contributed by atoms with Gasteiger partial charge in [0.15, 0.2) is 0 Å². The van der Waals surface area contributed by atoms with E-state index in [1.54, 1.807) is 23.1 Å². The first-order chi connectivity index (χ1) is 13.2. The highest BCUT2D eigenvalue weighted by Gasteiger charge is 2.31. The summed E-state index contributed by atoms with van der Waals surface area (Å²) in [5.41, 5.74) is 2.47. The van der Waals surface area contributed by atoms with Gasteiger partial charge >= 0.3 is 0 Å². The number of carbonyl (C=O) groups is 1. The number of hydrogen-bond donors (Lipinski definition) is 0. The van der Waals surface area contributed by atoms with Crippen molar-refractivity contribution in [3.05, 3.63) is 59.7 Å². The maximum absolute atomic E-state index is 14.4. The zero-order chi connectivity index (χ0) is 18.6. The second kappa shape index (κ2) is 8.20. The van der Waals surface area contributed by atoms with E-state index in [2.05, 4.69) is 17.1 Å². The van der Waals surface area contributed by atoms with E-state index in [1.165, 1.54) is 38.2 Å². The minimum Gasteiger partial charge on any atom is -0.305 e. The predicted molar refractivity (Wildman–Crippen MR) is 105 cm³/mol. The third kappa shape index (κ3) is 4.05. The lowest BCUT2D eigenvalue weighted by Crippen LogP contribution is -2.39. The van der Waals surface area contributed by atoms with Crippen LogP contribution < -0.4 is 4.90 Å². The fraction of sp³-hybridized carbons (Fsp3) is 0.478. The summed E-state index contributed by atoms with van der Waals surface area (Å²) in [6.07, 6.45) is 11.1. The van der Waals surface area contributed by atoms with Crippen LogP contribution in [-0.2, 0) is 11.3 Å². The Hall–Kier alpha value is -2.23. The van der Waals surface area contributed by atoms with Crippen molar-refractivity contribution in [3.63, 3.8) is 0 Å². The van der Waals surface area contributed by atoms with Gasteiger partial charge in [-0.15, -0.1) is 0 Å². The zero-order valence-electron chi connectivity index (χ0n) is 15.7. The first-order valence-electron chi connectivity index (χ1n) is 10.2. The Balaban J connectivity index is 1.54. The molecule has 4 rings (SSSR count). The topological polar surface area (TPSA) is 33.2 Å². The van der Waals surface area contributed by atoms with Gasteiger partial charge in [-0.3, -0.25) is 9.78 Å². The van der Waals surface area contributed by atoms with E-state index in [0.29, 0.717) is 18.2 Å². The molecule has 1 heterocycles. The van der Waals surface area contributed by atoms with Gasteiger partial charge in [0, 0.05) is 23.7 Å². The quantitative estimate of drug-likeness (QED) is 0.690. The van der Waals surface area contributed by atoms with Crippen molar-refractivity contribution in [1.82, 2.24) is 4.98 Å². The van der Waals surface area contributed by atoms with Crippen LogP contribution in [0.25, 0.3) is 0 Å². The molecule has 142 valence electrons. The van der Waals surface area contributed by atoms with Crippen molar-refractivity contribution in [2.45, 2.75) is 63.8 Å². The maximum Gasteiger partial charge on any atom is 0.230 e. The number of carbonyl (C=O) groups excluding carboxylic acids is 1. The number of anilines is 1. The lowest BCUT2D eigenvalue weighted by molar-refractivity contribution is -0.124. The number of nitrogens with zero attached hydrogens (tertiary/aromatic N) is 2. The van der Waals surface area contributed by atoms with Crippen molar-refractivity contribution in [2.75, 3.05) is 4.90 Å². The molecule has 0 bridgehead atoms. The van der Waals surface area contributed by atoms with Crippen LogP contribution in [0.4, 0.5) is 10.1 Å². The number of hydrogen-bond acceptors (Lipinski definition) is 2. The Morgan fingerprint density at radius 2 is 1.78 bits per heavy atom. The van der Waals surface area contributed by atoms with Gasteiger partial charge in [-0.05, 0) is 49.4 Å². The number of pyridine rings is 1. The standard InChI is InChI=1S/C23H27FN2O/c24-20-11-4-5-12-22(20)26(23(27)19-9-6-10-19)16-17-13-14-21(25-15-17)18-7-2-1-3-8-18/h4-5,11-15,18-19H,1-3,6-10,16H2. The summed E-state index contributed by atoms with van der Waals surface area (Å²) in [6.45, 7) is 0.369. The normalized spacial score (nSPS) is 18.1. The fourth-order valence-electron chi connectivity index (χ4n) is 4.18. The van der Waals surface area contributed by atoms with E-state index in [4.69, 9.17) is 0 Å². The van der Waals surface area contributed by atoms with Crippen molar-refractivity contribution >= 4 is 11.6 Å². The molecule has 1 amide bonds. The number of aromatic nitrogens is 1. The molecule has 0 atom stereocenters. The first kappa shape index (κ1) is 18.1. The molecule has 2 aromatic rings. The van der Waals surface area contributed by atoms with Crippen LogP contribution >= 0.6 is 0 Å². The molecule has 1 aromatic carbocycles. The maximum atomic E-state index is 14.4. The van der Waals surface area contributed by atoms with Crippen molar-refractivity contribution in [3.8, 4) is 0 Å². The number of rotatable bonds is 5. The molecule has 2 aliphatic carbocycles. The molecule has 0 unspecified atom stereocenters. The summed E-state index contributed by atoms with van der Waals surface area (Å²) in [7, 11) is 0.